The Labute approximate surface area is 138 Å². The van der Waals surface area contributed by atoms with Crippen molar-refractivity contribution in [2.45, 2.75) is 13.0 Å². The number of hydrogen-bond acceptors (Lipinski definition) is 1. The van der Waals surface area contributed by atoms with Crippen molar-refractivity contribution in [3.8, 4) is 0 Å². The quantitative estimate of drug-likeness (QED) is 0.749. The van der Waals surface area contributed by atoms with Crippen LogP contribution in [-0.2, 0) is 17.8 Å². The Morgan fingerprint density at radius 3 is 2.64 bits per heavy atom. The monoisotopic (exact) mass is 356 g/mol. The van der Waals surface area contributed by atoms with Crippen LogP contribution in [0.1, 0.15) is 11.1 Å². The summed E-state index contributed by atoms with van der Waals surface area (Å²) in [6.07, 6.45) is 2.34. The molecular formula is C18H17BrN2O. The van der Waals surface area contributed by atoms with E-state index in [4.69, 9.17) is 0 Å². The van der Waals surface area contributed by atoms with Crippen molar-refractivity contribution < 1.29 is 4.79 Å². The van der Waals surface area contributed by atoms with E-state index in [1.165, 1.54) is 0 Å². The first-order chi connectivity index (χ1) is 10.6. The molecule has 22 heavy (non-hydrogen) atoms. The van der Waals surface area contributed by atoms with E-state index in [2.05, 4.69) is 20.9 Å². The molecule has 2 aromatic carbocycles. The van der Waals surface area contributed by atoms with Crippen LogP contribution in [0.2, 0.25) is 0 Å². The molecule has 0 aliphatic carbocycles. The minimum absolute atomic E-state index is 0.118. The molecule has 0 radical (unpaired) electrons. The summed E-state index contributed by atoms with van der Waals surface area (Å²) < 4.78 is 1.05. The number of H-pyrrole nitrogens is 1. The maximum Gasteiger partial charge on any atom is 0.227 e. The fourth-order valence-corrected chi connectivity index (χ4v) is 2.79. The van der Waals surface area contributed by atoms with Gasteiger partial charge >= 0.3 is 0 Å². The minimum Gasteiger partial charge on any atom is -0.361 e. The van der Waals surface area contributed by atoms with Gasteiger partial charge in [-0.2, -0.15) is 0 Å². The van der Waals surface area contributed by atoms with Crippen molar-refractivity contribution in [1.29, 1.82) is 0 Å². The zero-order valence-electron chi connectivity index (χ0n) is 12.3. The summed E-state index contributed by atoms with van der Waals surface area (Å²) in [5, 5.41) is 1.12. The molecule has 0 aliphatic heterocycles. The maximum atomic E-state index is 12.4. The second-order valence-corrected chi connectivity index (χ2v) is 6.33. The number of aromatic nitrogens is 1. The van der Waals surface area contributed by atoms with Crippen LogP contribution in [0.4, 0.5) is 0 Å². The zero-order valence-corrected chi connectivity index (χ0v) is 13.9. The number of fused-ring (bicyclic) bond motifs is 1. The Kier molecular flexibility index (Phi) is 4.29. The summed E-state index contributed by atoms with van der Waals surface area (Å²) in [6, 6.07) is 16.1. The lowest BCUT2D eigenvalue weighted by atomic mass is 10.1. The zero-order chi connectivity index (χ0) is 15.5. The number of aromatic amines is 1. The molecule has 1 amide bonds. The summed E-state index contributed by atoms with van der Waals surface area (Å²) in [5.74, 6) is 0.118. The lowest BCUT2D eigenvalue weighted by Gasteiger charge is -2.17. The van der Waals surface area contributed by atoms with Gasteiger partial charge in [-0.05, 0) is 29.3 Å². The van der Waals surface area contributed by atoms with Gasteiger partial charge in [0.25, 0.3) is 0 Å². The van der Waals surface area contributed by atoms with E-state index in [-0.39, 0.29) is 5.91 Å². The Hall–Kier alpha value is -2.07. The van der Waals surface area contributed by atoms with Crippen molar-refractivity contribution in [3.05, 3.63) is 70.3 Å². The third-order valence-electron chi connectivity index (χ3n) is 3.78. The molecule has 3 rings (SSSR count). The van der Waals surface area contributed by atoms with Crippen LogP contribution in [0, 0.1) is 0 Å². The fourth-order valence-electron chi connectivity index (χ4n) is 2.53. The van der Waals surface area contributed by atoms with E-state index in [0.717, 1.165) is 26.5 Å². The minimum atomic E-state index is 0.118. The number of carbonyl (C=O) groups is 1. The highest BCUT2D eigenvalue weighted by molar-refractivity contribution is 9.10. The smallest absolute Gasteiger partial charge is 0.227 e. The van der Waals surface area contributed by atoms with Crippen molar-refractivity contribution in [1.82, 2.24) is 9.88 Å². The Bertz CT molecular complexity index is 792. The number of hydrogen-bond donors (Lipinski definition) is 1. The lowest BCUT2D eigenvalue weighted by molar-refractivity contribution is -0.129. The summed E-state index contributed by atoms with van der Waals surface area (Å²) in [4.78, 5) is 17.4. The van der Waals surface area contributed by atoms with Gasteiger partial charge in [0, 0.05) is 35.2 Å². The van der Waals surface area contributed by atoms with Gasteiger partial charge in [0.1, 0.15) is 0 Å². The van der Waals surface area contributed by atoms with Crippen LogP contribution in [-0.4, -0.2) is 22.8 Å². The van der Waals surface area contributed by atoms with E-state index < -0.39 is 0 Å². The molecule has 1 heterocycles. The molecular weight excluding hydrogens is 340 g/mol. The maximum absolute atomic E-state index is 12.4. The summed E-state index contributed by atoms with van der Waals surface area (Å²) in [7, 11) is 1.85. The van der Waals surface area contributed by atoms with Gasteiger partial charge in [-0.15, -0.1) is 0 Å². The molecule has 4 heteroatoms. The van der Waals surface area contributed by atoms with Crippen LogP contribution >= 0.6 is 15.9 Å². The summed E-state index contributed by atoms with van der Waals surface area (Å²) in [6.45, 7) is 0.620. The average Bonchev–Trinajstić information content (AvgIpc) is 2.93. The number of halogens is 1. The van der Waals surface area contributed by atoms with E-state index in [0.29, 0.717) is 13.0 Å². The highest BCUT2D eigenvalue weighted by Crippen LogP contribution is 2.19. The summed E-state index contributed by atoms with van der Waals surface area (Å²) >= 11 is 3.42. The number of amides is 1. The number of carbonyl (C=O) groups excluding carboxylic acids is 1. The molecule has 1 aromatic heterocycles. The number of nitrogens with one attached hydrogen (secondary N) is 1. The fraction of sp³-hybridized carbons (Fsp3) is 0.167. The Balaban J connectivity index is 1.69. The standard InChI is InChI=1S/C18H17BrN2O/c1-21(12-13-6-8-15(19)9-7-13)18(22)10-14-11-20-17-5-3-2-4-16(14)17/h2-9,11,20H,10,12H2,1H3. The second-order valence-electron chi connectivity index (χ2n) is 5.41. The molecule has 0 spiro atoms. The van der Waals surface area contributed by atoms with Crippen molar-refractivity contribution >= 4 is 32.7 Å². The van der Waals surface area contributed by atoms with Crippen LogP contribution in [0.25, 0.3) is 10.9 Å². The van der Waals surface area contributed by atoms with Gasteiger partial charge in [-0.1, -0.05) is 46.3 Å². The predicted octanol–water partition coefficient (Wildman–Crippen LogP) is 4.13. The van der Waals surface area contributed by atoms with Gasteiger partial charge in [0.15, 0.2) is 0 Å². The molecule has 3 nitrogen and oxygen atoms in total. The molecule has 0 aliphatic rings. The SMILES string of the molecule is CN(Cc1ccc(Br)cc1)C(=O)Cc1c[nH]c2ccccc12. The lowest BCUT2D eigenvalue weighted by Crippen LogP contribution is -2.27. The molecule has 0 fully saturated rings. The van der Waals surface area contributed by atoms with Gasteiger partial charge in [0.05, 0.1) is 6.42 Å². The normalized spacial score (nSPS) is 10.8. The first kappa shape index (κ1) is 14.9. The van der Waals surface area contributed by atoms with E-state index in [1.807, 2.05) is 61.8 Å². The summed E-state index contributed by atoms with van der Waals surface area (Å²) in [5.41, 5.74) is 3.24. The Morgan fingerprint density at radius 2 is 1.86 bits per heavy atom. The molecule has 0 bridgehead atoms. The van der Waals surface area contributed by atoms with Gasteiger partial charge in [0.2, 0.25) is 5.91 Å². The molecule has 0 unspecified atom stereocenters. The van der Waals surface area contributed by atoms with Crippen LogP contribution in [0.3, 0.4) is 0 Å². The number of benzene rings is 2. The highest BCUT2D eigenvalue weighted by Gasteiger charge is 2.13. The first-order valence-corrected chi connectivity index (χ1v) is 7.96. The third-order valence-corrected chi connectivity index (χ3v) is 4.30. The van der Waals surface area contributed by atoms with Crippen LogP contribution in [0.5, 0.6) is 0 Å². The average molecular weight is 357 g/mol. The molecule has 0 saturated carbocycles. The van der Waals surface area contributed by atoms with E-state index in [1.54, 1.807) is 4.90 Å². The topological polar surface area (TPSA) is 36.1 Å². The van der Waals surface area contributed by atoms with E-state index in [9.17, 15) is 4.79 Å². The number of rotatable bonds is 4. The van der Waals surface area contributed by atoms with Gasteiger partial charge in [-0.25, -0.2) is 0 Å². The van der Waals surface area contributed by atoms with E-state index >= 15 is 0 Å². The molecule has 1 N–H and O–H groups in total. The van der Waals surface area contributed by atoms with Crippen LogP contribution < -0.4 is 0 Å². The predicted molar refractivity (Wildman–Crippen MR) is 92.6 cm³/mol. The largest absolute Gasteiger partial charge is 0.361 e. The Morgan fingerprint density at radius 1 is 1.14 bits per heavy atom. The van der Waals surface area contributed by atoms with Gasteiger partial charge < -0.3 is 9.88 Å². The number of nitrogens with zero attached hydrogens (tertiary/aromatic N) is 1. The molecule has 112 valence electrons. The second kappa shape index (κ2) is 6.36. The van der Waals surface area contributed by atoms with Crippen molar-refractivity contribution in [2.75, 3.05) is 7.05 Å². The first-order valence-electron chi connectivity index (χ1n) is 7.17. The third kappa shape index (κ3) is 3.22. The molecule has 0 saturated heterocycles. The molecule has 0 atom stereocenters. The van der Waals surface area contributed by atoms with Gasteiger partial charge in [-0.3, -0.25) is 4.79 Å². The van der Waals surface area contributed by atoms with Crippen LogP contribution in [0.15, 0.2) is 59.2 Å². The van der Waals surface area contributed by atoms with Crippen molar-refractivity contribution in [3.63, 3.8) is 0 Å². The highest BCUT2D eigenvalue weighted by atomic mass is 79.9. The van der Waals surface area contributed by atoms with Crippen molar-refractivity contribution in [2.24, 2.45) is 0 Å². The number of para-hydroxylation sites is 1. The number of likely N-dealkylation sites (N-methyl/N-ethyl adjacent to an activating group) is 1. The molecule has 3 aromatic rings.